The molecular formula is C24H31F5O. The van der Waals surface area contributed by atoms with Gasteiger partial charge in [0.15, 0.2) is 11.6 Å². The summed E-state index contributed by atoms with van der Waals surface area (Å²) in [6, 6.07) is 2.00. The highest BCUT2D eigenvalue weighted by Crippen LogP contribution is 2.43. The molecule has 0 radical (unpaired) electrons. The van der Waals surface area contributed by atoms with Crippen LogP contribution in [-0.4, -0.2) is 6.11 Å². The standard InChI is InChI=1S/C24H31F5O/c1-2-3-16-4-8-18(9-5-16)19-10-6-17(7-11-19)14-23(27)24(28,29)30-20-12-13-21(25)22(26)15-20/h12-19H,2-11H2,1H3. The van der Waals surface area contributed by atoms with E-state index in [4.69, 9.17) is 0 Å². The van der Waals surface area contributed by atoms with Crippen LogP contribution in [0, 0.1) is 35.3 Å². The highest BCUT2D eigenvalue weighted by molar-refractivity contribution is 5.25. The molecule has 1 aromatic rings. The van der Waals surface area contributed by atoms with Crippen LogP contribution in [-0.2, 0) is 0 Å². The van der Waals surface area contributed by atoms with Crippen molar-refractivity contribution >= 4 is 0 Å². The number of alkyl halides is 2. The van der Waals surface area contributed by atoms with Crippen molar-refractivity contribution in [2.75, 3.05) is 0 Å². The van der Waals surface area contributed by atoms with Gasteiger partial charge >= 0.3 is 6.11 Å². The molecule has 2 fully saturated rings. The Morgan fingerprint density at radius 3 is 2.13 bits per heavy atom. The van der Waals surface area contributed by atoms with E-state index in [1.165, 1.54) is 38.5 Å². The lowest BCUT2D eigenvalue weighted by Gasteiger charge is -2.37. The van der Waals surface area contributed by atoms with Crippen LogP contribution in [0.2, 0.25) is 0 Å². The lowest BCUT2D eigenvalue weighted by molar-refractivity contribution is -0.157. The van der Waals surface area contributed by atoms with Crippen molar-refractivity contribution in [3.05, 3.63) is 41.7 Å². The van der Waals surface area contributed by atoms with Crippen molar-refractivity contribution < 1.29 is 26.7 Å². The minimum atomic E-state index is -4.21. The van der Waals surface area contributed by atoms with Crippen LogP contribution in [0.1, 0.15) is 71.1 Å². The third-order valence-electron chi connectivity index (χ3n) is 6.87. The number of hydrogen-bond acceptors (Lipinski definition) is 1. The molecule has 1 nitrogen and oxygen atoms in total. The molecular weight excluding hydrogens is 399 g/mol. The summed E-state index contributed by atoms with van der Waals surface area (Å²) in [6.07, 6.45) is 7.64. The van der Waals surface area contributed by atoms with Crippen LogP contribution < -0.4 is 4.74 Å². The van der Waals surface area contributed by atoms with Gasteiger partial charge in [0, 0.05) is 6.07 Å². The van der Waals surface area contributed by atoms with E-state index in [9.17, 15) is 22.0 Å². The molecule has 30 heavy (non-hydrogen) atoms. The lowest BCUT2D eigenvalue weighted by atomic mass is 9.68. The van der Waals surface area contributed by atoms with Crippen molar-refractivity contribution in [1.82, 2.24) is 0 Å². The van der Waals surface area contributed by atoms with E-state index in [-0.39, 0.29) is 5.92 Å². The maximum atomic E-state index is 14.2. The van der Waals surface area contributed by atoms with Crippen LogP contribution in [0.25, 0.3) is 0 Å². The summed E-state index contributed by atoms with van der Waals surface area (Å²) in [4.78, 5) is 0. The van der Waals surface area contributed by atoms with Crippen LogP contribution in [0.4, 0.5) is 22.0 Å². The van der Waals surface area contributed by atoms with Gasteiger partial charge in [-0.25, -0.2) is 13.2 Å². The Bertz CT molecular complexity index is 716. The third-order valence-corrected chi connectivity index (χ3v) is 6.87. The molecule has 0 unspecified atom stereocenters. The maximum absolute atomic E-state index is 14.2. The molecule has 2 saturated carbocycles. The van der Waals surface area contributed by atoms with E-state index < -0.39 is 29.3 Å². The fourth-order valence-electron chi connectivity index (χ4n) is 5.18. The molecule has 2 aliphatic carbocycles. The number of rotatable bonds is 7. The summed E-state index contributed by atoms with van der Waals surface area (Å²) in [5.41, 5.74) is 0. The third kappa shape index (κ3) is 5.98. The number of hydrogen-bond donors (Lipinski definition) is 0. The Hall–Kier alpha value is -1.59. The second-order valence-electron chi connectivity index (χ2n) is 8.95. The zero-order valence-corrected chi connectivity index (χ0v) is 17.5. The Labute approximate surface area is 175 Å². The first kappa shape index (κ1) is 23.1. The monoisotopic (exact) mass is 430 g/mol. The summed E-state index contributed by atoms with van der Waals surface area (Å²) in [6.45, 7) is 2.23. The van der Waals surface area contributed by atoms with Gasteiger partial charge in [-0.05, 0) is 80.4 Å². The highest BCUT2D eigenvalue weighted by atomic mass is 19.3. The van der Waals surface area contributed by atoms with E-state index in [1.54, 1.807) is 0 Å². The summed E-state index contributed by atoms with van der Waals surface area (Å²) in [5.74, 6) is -2.87. The second-order valence-corrected chi connectivity index (χ2v) is 8.95. The minimum Gasteiger partial charge on any atom is -0.427 e. The summed E-state index contributed by atoms with van der Waals surface area (Å²) >= 11 is 0. The molecule has 0 N–H and O–H groups in total. The van der Waals surface area contributed by atoms with Gasteiger partial charge in [-0.3, -0.25) is 0 Å². The van der Waals surface area contributed by atoms with Crippen molar-refractivity contribution in [2.45, 2.75) is 77.2 Å². The fraction of sp³-hybridized carbons (Fsp3) is 0.667. The van der Waals surface area contributed by atoms with Crippen molar-refractivity contribution in [3.63, 3.8) is 0 Å². The molecule has 0 aliphatic heterocycles. The molecule has 0 bridgehead atoms. The zero-order valence-electron chi connectivity index (χ0n) is 17.5. The SMILES string of the molecule is CCCC1CCC(C2CCC(C=C(F)C(F)(F)Oc3ccc(F)c(F)c3)CC2)CC1. The Kier molecular flexibility index (Phi) is 7.81. The van der Waals surface area contributed by atoms with Gasteiger partial charge in [0.25, 0.3) is 0 Å². The molecule has 1 aromatic carbocycles. The fourth-order valence-corrected chi connectivity index (χ4v) is 5.18. The van der Waals surface area contributed by atoms with Gasteiger partial charge in [0.1, 0.15) is 5.75 Å². The van der Waals surface area contributed by atoms with Gasteiger partial charge in [-0.2, -0.15) is 8.78 Å². The Morgan fingerprint density at radius 1 is 0.967 bits per heavy atom. The van der Waals surface area contributed by atoms with Crippen LogP contribution in [0.5, 0.6) is 5.75 Å². The number of halogens is 5. The average molecular weight is 431 g/mol. The van der Waals surface area contributed by atoms with Crippen molar-refractivity contribution in [1.29, 1.82) is 0 Å². The molecule has 0 spiro atoms. The highest BCUT2D eigenvalue weighted by Gasteiger charge is 2.40. The second kappa shape index (κ2) is 10.1. The van der Waals surface area contributed by atoms with Gasteiger partial charge in [0.2, 0.25) is 5.83 Å². The number of benzene rings is 1. The van der Waals surface area contributed by atoms with Crippen molar-refractivity contribution in [2.24, 2.45) is 23.7 Å². The topological polar surface area (TPSA) is 9.23 Å². The van der Waals surface area contributed by atoms with E-state index in [2.05, 4.69) is 11.7 Å². The van der Waals surface area contributed by atoms with Gasteiger partial charge < -0.3 is 4.74 Å². The summed E-state index contributed by atoms with van der Waals surface area (Å²) in [7, 11) is 0. The first-order valence-corrected chi connectivity index (χ1v) is 11.2. The van der Waals surface area contributed by atoms with Gasteiger partial charge in [0.05, 0.1) is 0 Å². The Balaban J connectivity index is 1.50. The largest absolute Gasteiger partial charge is 0.453 e. The molecule has 168 valence electrons. The maximum Gasteiger partial charge on any atom is 0.453 e. The molecule has 0 amide bonds. The van der Waals surface area contributed by atoms with Crippen LogP contribution in [0.15, 0.2) is 30.1 Å². The molecule has 0 saturated heterocycles. The molecule has 0 aromatic heterocycles. The molecule has 6 heteroatoms. The van der Waals surface area contributed by atoms with Gasteiger partial charge in [-0.15, -0.1) is 0 Å². The normalized spacial score (nSPS) is 28.4. The molecule has 3 rings (SSSR count). The quantitative estimate of drug-likeness (QED) is 0.396. The lowest BCUT2D eigenvalue weighted by Crippen LogP contribution is -2.28. The summed E-state index contributed by atoms with van der Waals surface area (Å²) in [5, 5.41) is 0. The predicted octanol–water partition coefficient (Wildman–Crippen LogP) is 8.20. The first-order chi connectivity index (χ1) is 14.3. The van der Waals surface area contributed by atoms with Crippen LogP contribution >= 0.6 is 0 Å². The number of ether oxygens (including phenoxy) is 1. The van der Waals surface area contributed by atoms with E-state index in [0.717, 1.165) is 30.9 Å². The molecule has 0 heterocycles. The summed E-state index contributed by atoms with van der Waals surface area (Å²) < 4.78 is 72.8. The van der Waals surface area contributed by atoms with Crippen molar-refractivity contribution in [3.8, 4) is 5.75 Å². The number of allylic oxidation sites excluding steroid dienone is 1. The van der Waals surface area contributed by atoms with E-state index >= 15 is 0 Å². The smallest absolute Gasteiger partial charge is 0.427 e. The minimum absolute atomic E-state index is 0.253. The van der Waals surface area contributed by atoms with Crippen LogP contribution in [0.3, 0.4) is 0 Å². The molecule has 2 aliphatic rings. The Morgan fingerprint density at radius 2 is 1.57 bits per heavy atom. The first-order valence-electron chi connectivity index (χ1n) is 11.2. The molecule has 0 atom stereocenters. The van der Waals surface area contributed by atoms with Gasteiger partial charge in [-0.1, -0.05) is 32.6 Å². The predicted molar refractivity (Wildman–Crippen MR) is 107 cm³/mol. The average Bonchev–Trinajstić information content (AvgIpc) is 2.72. The van der Waals surface area contributed by atoms with E-state index in [0.29, 0.717) is 36.8 Å². The zero-order chi connectivity index (χ0) is 21.7. The van der Waals surface area contributed by atoms with E-state index in [1.807, 2.05) is 0 Å².